The molecule has 0 bridgehead atoms. The summed E-state index contributed by atoms with van der Waals surface area (Å²) in [6, 6.07) is 21.5. The molecule has 0 fully saturated rings. The second-order valence-corrected chi connectivity index (χ2v) is 7.89. The van der Waals surface area contributed by atoms with Crippen LogP contribution in [0.2, 0.25) is 0 Å². The summed E-state index contributed by atoms with van der Waals surface area (Å²) in [5.41, 5.74) is 3.20. The Kier molecular flexibility index (Phi) is 7.22. The standard InChI is InChI=1S/C27H25FN2O4/c1-33-22-9-5-8-18(16-22)10-15-23-24(26(31)34-17-19-6-3-2-4-7-19)25(30-27(32)29-23)20-11-13-21(28)14-12-20/h2-9,11-14,16,25H,10,15,17H2,1H3,(H2,29,30,32). The van der Waals surface area contributed by atoms with E-state index in [4.69, 9.17) is 9.47 Å². The highest BCUT2D eigenvalue weighted by Crippen LogP contribution is 2.30. The SMILES string of the molecule is COc1cccc(CCC2=C(C(=O)OCc3ccccc3)C(c3ccc(F)cc3)NC(=O)N2)c1. The fourth-order valence-corrected chi connectivity index (χ4v) is 3.86. The predicted molar refractivity (Wildman–Crippen MR) is 125 cm³/mol. The van der Waals surface area contributed by atoms with Gasteiger partial charge < -0.3 is 20.1 Å². The molecule has 34 heavy (non-hydrogen) atoms. The largest absolute Gasteiger partial charge is 0.497 e. The van der Waals surface area contributed by atoms with E-state index in [1.165, 1.54) is 12.1 Å². The van der Waals surface area contributed by atoms with Crippen molar-refractivity contribution in [3.05, 3.63) is 113 Å². The highest BCUT2D eigenvalue weighted by Gasteiger charge is 2.33. The molecule has 174 valence electrons. The predicted octanol–water partition coefficient (Wildman–Crippen LogP) is 4.82. The number of rotatable bonds is 8. The second kappa shape index (κ2) is 10.7. The zero-order chi connectivity index (χ0) is 23.9. The van der Waals surface area contributed by atoms with Gasteiger partial charge in [-0.25, -0.2) is 14.0 Å². The van der Waals surface area contributed by atoms with Crippen LogP contribution in [-0.4, -0.2) is 19.1 Å². The third kappa shape index (κ3) is 5.61. The topological polar surface area (TPSA) is 76.7 Å². The molecule has 2 N–H and O–H groups in total. The first-order chi connectivity index (χ1) is 16.5. The van der Waals surface area contributed by atoms with E-state index in [9.17, 15) is 14.0 Å². The molecule has 1 atom stereocenters. The van der Waals surface area contributed by atoms with Gasteiger partial charge in [0.2, 0.25) is 0 Å². The van der Waals surface area contributed by atoms with Crippen molar-refractivity contribution < 1.29 is 23.5 Å². The molecule has 1 heterocycles. The van der Waals surface area contributed by atoms with Gasteiger partial charge in [0.15, 0.2) is 0 Å². The molecule has 3 aromatic rings. The summed E-state index contributed by atoms with van der Waals surface area (Å²) in [7, 11) is 1.60. The van der Waals surface area contributed by atoms with Crippen molar-refractivity contribution >= 4 is 12.0 Å². The quantitative estimate of drug-likeness (QED) is 0.473. The van der Waals surface area contributed by atoms with Crippen molar-refractivity contribution in [3.8, 4) is 5.75 Å². The number of ether oxygens (including phenoxy) is 2. The van der Waals surface area contributed by atoms with Crippen LogP contribution >= 0.6 is 0 Å². The van der Waals surface area contributed by atoms with E-state index in [0.717, 1.165) is 16.9 Å². The monoisotopic (exact) mass is 460 g/mol. The van der Waals surface area contributed by atoms with Crippen LogP contribution < -0.4 is 15.4 Å². The average molecular weight is 461 g/mol. The Morgan fingerprint density at radius 1 is 0.941 bits per heavy atom. The normalized spacial score (nSPS) is 15.4. The molecule has 0 saturated heterocycles. The minimum atomic E-state index is -0.766. The van der Waals surface area contributed by atoms with Gasteiger partial charge in [0, 0.05) is 5.70 Å². The Balaban J connectivity index is 1.64. The molecule has 3 aromatic carbocycles. The number of benzene rings is 3. The Morgan fingerprint density at radius 3 is 2.41 bits per heavy atom. The first kappa shape index (κ1) is 23.0. The average Bonchev–Trinajstić information content (AvgIpc) is 2.87. The van der Waals surface area contributed by atoms with Crippen LogP contribution in [0.4, 0.5) is 9.18 Å². The Labute approximate surface area is 197 Å². The number of carbonyl (C=O) groups excluding carboxylic acids is 2. The highest BCUT2D eigenvalue weighted by atomic mass is 19.1. The van der Waals surface area contributed by atoms with E-state index in [1.54, 1.807) is 19.2 Å². The molecular formula is C27H25FN2O4. The van der Waals surface area contributed by atoms with Gasteiger partial charge in [-0.2, -0.15) is 0 Å². The van der Waals surface area contributed by atoms with E-state index in [0.29, 0.717) is 29.7 Å². The molecule has 0 spiro atoms. The van der Waals surface area contributed by atoms with Crippen molar-refractivity contribution in [1.82, 2.24) is 10.6 Å². The number of aryl methyl sites for hydroxylation is 1. The number of nitrogens with one attached hydrogen (secondary N) is 2. The van der Waals surface area contributed by atoms with E-state index < -0.39 is 23.9 Å². The van der Waals surface area contributed by atoms with Crippen LogP contribution in [0.25, 0.3) is 0 Å². The molecule has 1 aliphatic heterocycles. The Bertz CT molecular complexity index is 1190. The summed E-state index contributed by atoms with van der Waals surface area (Å²) < 4.78 is 24.4. The van der Waals surface area contributed by atoms with Crippen LogP contribution in [0.1, 0.15) is 29.2 Å². The van der Waals surface area contributed by atoms with Gasteiger partial charge in [-0.3, -0.25) is 0 Å². The number of amides is 2. The second-order valence-electron chi connectivity index (χ2n) is 7.89. The zero-order valence-electron chi connectivity index (χ0n) is 18.7. The van der Waals surface area contributed by atoms with Gasteiger partial charge in [0.25, 0.3) is 0 Å². The van der Waals surface area contributed by atoms with Crippen molar-refractivity contribution in [1.29, 1.82) is 0 Å². The number of esters is 1. The molecule has 0 radical (unpaired) electrons. The van der Waals surface area contributed by atoms with Crippen molar-refractivity contribution in [2.75, 3.05) is 7.11 Å². The third-order valence-corrected chi connectivity index (χ3v) is 5.59. The molecule has 6 nitrogen and oxygen atoms in total. The molecule has 1 aliphatic rings. The van der Waals surface area contributed by atoms with Crippen LogP contribution in [-0.2, 0) is 22.6 Å². The maximum absolute atomic E-state index is 13.5. The van der Waals surface area contributed by atoms with Gasteiger partial charge in [-0.1, -0.05) is 54.6 Å². The Hall–Kier alpha value is -4.13. The number of hydrogen-bond acceptors (Lipinski definition) is 4. The third-order valence-electron chi connectivity index (χ3n) is 5.59. The van der Waals surface area contributed by atoms with Crippen LogP contribution in [0, 0.1) is 5.82 Å². The number of urea groups is 1. The van der Waals surface area contributed by atoms with Gasteiger partial charge in [-0.05, 0) is 53.8 Å². The van der Waals surface area contributed by atoms with Crippen LogP contribution in [0.5, 0.6) is 5.75 Å². The lowest BCUT2D eigenvalue weighted by atomic mass is 9.93. The van der Waals surface area contributed by atoms with E-state index in [-0.39, 0.29) is 6.61 Å². The number of halogens is 1. The van der Waals surface area contributed by atoms with Gasteiger partial charge in [0.1, 0.15) is 18.2 Å². The van der Waals surface area contributed by atoms with Gasteiger partial charge in [-0.15, -0.1) is 0 Å². The Morgan fingerprint density at radius 2 is 1.68 bits per heavy atom. The highest BCUT2D eigenvalue weighted by molar-refractivity contribution is 5.95. The number of allylic oxidation sites excluding steroid dienone is 1. The number of carbonyl (C=O) groups is 2. The lowest BCUT2D eigenvalue weighted by Crippen LogP contribution is -2.46. The lowest BCUT2D eigenvalue weighted by Gasteiger charge is -2.29. The maximum Gasteiger partial charge on any atom is 0.338 e. The number of methoxy groups -OCH3 is 1. The summed E-state index contributed by atoms with van der Waals surface area (Å²) in [5.74, 6) is -0.224. The van der Waals surface area contributed by atoms with Crippen molar-refractivity contribution in [2.45, 2.75) is 25.5 Å². The lowest BCUT2D eigenvalue weighted by molar-refractivity contribution is -0.140. The van der Waals surface area contributed by atoms with Crippen LogP contribution in [0.15, 0.2) is 90.1 Å². The van der Waals surface area contributed by atoms with Crippen molar-refractivity contribution in [2.24, 2.45) is 0 Å². The van der Waals surface area contributed by atoms with Crippen LogP contribution in [0.3, 0.4) is 0 Å². The maximum atomic E-state index is 13.5. The summed E-state index contributed by atoms with van der Waals surface area (Å²) >= 11 is 0. The molecule has 0 aliphatic carbocycles. The van der Waals surface area contributed by atoms with Gasteiger partial charge >= 0.3 is 12.0 Å². The van der Waals surface area contributed by atoms with Crippen molar-refractivity contribution in [3.63, 3.8) is 0 Å². The minimum absolute atomic E-state index is 0.0937. The summed E-state index contributed by atoms with van der Waals surface area (Å²) in [6.07, 6.45) is 0.965. The molecule has 2 amide bonds. The molecule has 0 saturated carbocycles. The van der Waals surface area contributed by atoms with E-state index in [2.05, 4.69) is 10.6 Å². The zero-order valence-corrected chi connectivity index (χ0v) is 18.7. The first-order valence-electron chi connectivity index (χ1n) is 10.9. The molecule has 1 unspecified atom stereocenters. The number of hydrogen-bond donors (Lipinski definition) is 2. The summed E-state index contributed by atoms with van der Waals surface area (Å²) in [6.45, 7) is 0.0937. The first-order valence-corrected chi connectivity index (χ1v) is 10.9. The smallest absolute Gasteiger partial charge is 0.338 e. The van der Waals surface area contributed by atoms with Gasteiger partial charge in [0.05, 0.1) is 18.7 Å². The van der Waals surface area contributed by atoms with E-state index >= 15 is 0 Å². The summed E-state index contributed by atoms with van der Waals surface area (Å²) in [4.78, 5) is 25.8. The molecule has 4 rings (SSSR count). The van der Waals surface area contributed by atoms with E-state index in [1.807, 2.05) is 54.6 Å². The summed E-state index contributed by atoms with van der Waals surface area (Å²) in [5, 5.41) is 5.56. The fourth-order valence-electron chi connectivity index (χ4n) is 3.86. The fraction of sp³-hybridized carbons (Fsp3) is 0.185. The molecular weight excluding hydrogens is 435 g/mol. The minimum Gasteiger partial charge on any atom is -0.497 e. The molecule has 7 heteroatoms. The molecule has 0 aromatic heterocycles.